The molecule has 1 atom stereocenters. The highest BCUT2D eigenvalue weighted by Gasteiger charge is 2.37. The van der Waals surface area contributed by atoms with Gasteiger partial charge < -0.3 is 10.1 Å². The van der Waals surface area contributed by atoms with Gasteiger partial charge in [0.25, 0.3) is 5.91 Å². The van der Waals surface area contributed by atoms with E-state index in [0.29, 0.717) is 28.4 Å². The second kappa shape index (κ2) is 6.07. The van der Waals surface area contributed by atoms with Crippen molar-refractivity contribution in [2.24, 2.45) is 5.92 Å². The van der Waals surface area contributed by atoms with E-state index in [0.717, 1.165) is 17.5 Å². The van der Waals surface area contributed by atoms with Crippen molar-refractivity contribution in [1.82, 2.24) is 14.9 Å². The van der Waals surface area contributed by atoms with Crippen LogP contribution >= 0.6 is 0 Å². The second-order valence-electron chi connectivity index (χ2n) is 6.39. The van der Waals surface area contributed by atoms with E-state index in [1.807, 2.05) is 13.8 Å². The Morgan fingerprint density at radius 2 is 2.25 bits per heavy atom. The quantitative estimate of drug-likeness (QED) is 0.901. The number of carboxylic acid groups (broad SMARTS) is 1. The molecule has 0 spiro atoms. The minimum atomic E-state index is -1.27. The third kappa shape index (κ3) is 2.77. The van der Waals surface area contributed by atoms with Crippen molar-refractivity contribution in [2.75, 3.05) is 6.54 Å². The molecule has 3 rings (SSSR count). The van der Waals surface area contributed by atoms with E-state index in [-0.39, 0.29) is 12.5 Å². The van der Waals surface area contributed by atoms with Gasteiger partial charge in [-0.25, -0.2) is 14.1 Å². The van der Waals surface area contributed by atoms with Gasteiger partial charge in [-0.2, -0.15) is 0 Å². The van der Waals surface area contributed by atoms with E-state index in [1.54, 1.807) is 0 Å². The summed E-state index contributed by atoms with van der Waals surface area (Å²) in [6, 6.07) is 3.04. The molecule has 1 aliphatic rings. The maximum absolute atomic E-state index is 14.0. The van der Waals surface area contributed by atoms with Gasteiger partial charge in [0, 0.05) is 35.6 Å². The lowest BCUT2D eigenvalue weighted by Gasteiger charge is -2.30. The smallest absolute Gasteiger partial charge is 0.414 e. The molecule has 0 saturated heterocycles. The van der Waals surface area contributed by atoms with Gasteiger partial charge in [-0.05, 0) is 24.5 Å². The summed E-state index contributed by atoms with van der Waals surface area (Å²) in [5.74, 6) is -0.878. The molecule has 126 valence electrons. The number of pyridine rings is 1. The van der Waals surface area contributed by atoms with Gasteiger partial charge in [0.2, 0.25) is 0 Å². The highest BCUT2D eigenvalue weighted by atomic mass is 19.1. The van der Waals surface area contributed by atoms with Crippen LogP contribution in [0.3, 0.4) is 0 Å². The van der Waals surface area contributed by atoms with Crippen LogP contribution in [0, 0.1) is 11.7 Å². The standard InChI is InChI=1S/C17H18FN3O3/c1-9(2)5-10-8-21(17(23)24)16(22)12-6-14(20-15(10)12)11-3-4-19-7-13(11)18/h3-4,6-7,9-10,20H,5,8H2,1-2H3,(H,23,24). The zero-order valence-corrected chi connectivity index (χ0v) is 13.4. The Bertz CT molecular complexity index is 800. The van der Waals surface area contributed by atoms with Gasteiger partial charge in [0.05, 0.1) is 11.8 Å². The molecule has 2 amide bonds. The Balaban J connectivity index is 2.09. The first-order chi connectivity index (χ1) is 11.4. The van der Waals surface area contributed by atoms with Crippen molar-refractivity contribution >= 4 is 12.0 Å². The Labute approximate surface area is 138 Å². The number of halogens is 1. The zero-order valence-electron chi connectivity index (χ0n) is 13.4. The monoisotopic (exact) mass is 331 g/mol. The van der Waals surface area contributed by atoms with Crippen LogP contribution in [0.2, 0.25) is 0 Å². The Morgan fingerprint density at radius 1 is 1.50 bits per heavy atom. The van der Waals surface area contributed by atoms with Crippen LogP contribution in [-0.4, -0.2) is 38.5 Å². The maximum Gasteiger partial charge on any atom is 0.414 e. The lowest BCUT2D eigenvalue weighted by Crippen LogP contribution is -2.43. The van der Waals surface area contributed by atoms with Crippen molar-refractivity contribution in [1.29, 1.82) is 0 Å². The number of H-pyrrole nitrogens is 1. The minimum Gasteiger partial charge on any atom is -0.465 e. The molecule has 1 unspecified atom stereocenters. The van der Waals surface area contributed by atoms with E-state index in [9.17, 15) is 19.1 Å². The van der Waals surface area contributed by atoms with Crippen LogP contribution in [-0.2, 0) is 0 Å². The van der Waals surface area contributed by atoms with Gasteiger partial charge >= 0.3 is 6.09 Å². The van der Waals surface area contributed by atoms with Crippen LogP contribution in [0.1, 0.15) is 42.2 Å². The number of amides is 2. The SMILES string of the molecule is CC(C)CC1CN(C(=O)O)C(=O)c2cc(-c3ccncc3F)[nH]c21. The lowest BCUT2D eigenvalue weighted by atomic mass is 9.89. The van der Waals surface area contributed by atoms with Crippen molar-refractivity contribution in [3.05, 3.63) is 41.6 Å². The second-order valence-corrected chi connectivity index (χ2v) is 6.39. The highest BCUT2D eigenvalue weighted by Crippen LogP contribution is 2.35. The molecule has 3 heterocycles. The van der Waals surface area contributed by atoms with E-state index in [4.69, 9.17) is 0 Å². The van der Waals surface area contributed by atoms with Gasteiger partial charge in [0.1, 0.15) is 0 Å². The predicted molar refractivity (Wildman–Crippen MR) is 85.2 cm³/mol. The zero-order chi connectivity index (χ0) is 17.4. The summed E-state index contributed by atoms with van der Waals surface area (Å²) in [4.78, 5) is 31.5. The van der Waals surface area contributed by atoms with Crippen molar-refractivity contribution < 1.29 is 19.1 Å². The molecule has 7 heteroatoms. The lowest BCUT2D eigenvalue weighted by molar-refractivity contribution is 0.0702. The first kappa shape index (κ1) is 16.2. The Morgan fingerprint density at radius 3 is 2.88 bits per heavy atom. The highest BCUT2D eigenvalue weighted by molar-refractivity contribution is 6.05. The average Bonchev–Trinajstić information content (AvgIpc) is 2.95. The summed E-state index contributed by atoms with van der Waals surface area (Å²) in [5, 5.41) is 9.28. The Kier molecular flexibility index (Phi) is 4.09. The van der Waals surface area contributed by atoms with Crippen LogP contribution in [0.15, 0.2) is 24.5 Å². The van der Waals surface area contributed by atoms with Crippen LogP contribution in [0.25, 0.3) is 11.3 Å². The summed E-state index contributed by atoms with van der Waals surface area (Å²) in [6.07, 6.45) is 2.03. The van der Waals surface area contributed by atoms with Crippen molar-refractivity contribution in [3.8, 4) is 11.3 Å². The molecule has 0 saturated carbocycles. The van der Waals surface area contributed by atoms with Gasteiger partial charge in [-0.1, -0.05) is 13.8 Å². The number of imide groups is 1. The summed E-state index contributed by atoms with van der Waals surface area (Å²) >= 11 is 0. The minimum absolute atomic E-state index is 0.109. The summed E-state index contributed by atoms with van der Waals surface area (Å²) in [5.41, 5.74) is 1.73. The van der Waals surface area contributed by atoms with E-state index >= 15 is 0 Å². The van der Waals surface area contributed by atoms with Crippen LogP contribution in [0.5, 0.6) is 0 Å². The molecule has 0 radical (unpaired) electrons. The number of rotatable bonds is 3. The normalized spacial score (nSPS) is 17.2. The van der Waals surface area contributed by atoms with Crippen molar-refractivity contribution in [2.45, 2.75) is 26.2 Å². The number of nitrogens with one attached hydrogen (secondary N) is 1. The number of hydrogen-bond donors (Lipinski definition) is 2. The fraction of sp³-hybridized carbons (Fsp3) is 0.353. The van der Waals surface area contributed by atoms with E-state index in [1.165, 1.54) is 18.3 Å². The van der Waals surface area contributed by atoms with Gasteiger partial charge in [0.15, 0.2) is 5.82 Å². The third-order valence-electron chi connectivity index (χ3n) is 4.18. The summed E-state index contributed by atoms with van der Waals surface area (Å²) < 4.78 is 14.0. The van der Waals surface area contributed by atoms with E-state index in [2.05, 4.69) is 9.97 Å². The molecular weight excluding hydrogens is 313 g/mol. The summed E-state index contributed by atoms with van der Waals surface area (Å²) in [7, 11) is 0. The fourth-order valence-electron chi connectivity index (χ4n) is 3.17. The molecule has 2 N–H and O–H groups in total. The topological polar surface area (TPSA) is 86.3 Å². The molecule has 0 aliphatic carbocycles. The fourth-order valence-corrected chi connectivity index (χ4v) is 3.17. The van der Waals surface area contributed by atoms with Crippen LogP contribution in [0.4, 0.5) is 9.18 Å². The van der Waals surface area contributed by atoms with Gasteiger partial charge in [-0.3, -0.25) is 9.78 Å². The maximum atomic E-state index is 14.0. The molecule has 2 aromatic rings. The molecule has 1 aliphatic heterocycles. The average molecular weight is 331 g/mol. The first-order valence-electron chi connectivity index (χ1n) is 7.76. The Hall–Kier alpha value is -2.70. The predicted octanol–water partition coefficient (Wildman–Crippen LogP) is 3.48. The molecular formula is C17H18FN3O3. The van der Waals surface area contributed by atoms with Crippen molar-refractivity contribution in [3.63, 3.8) is 0 Å². The molecule has 0 aromatic carbocycles. The largest absolute Gasteiger partial charge is 0.465 e. The molecule has 0 fully saturated rings. The summed E-state index contributed by atoms with van der Waals surface area (Å²) in [6.45, 7) is 4.18. The number of carbonyl (C=O) groups excluding carboxylic acids is 1. The van der Waals surface area contributed by atoms with Gasteiger partial charge in [-0.15, -0.1) is 0 Å². The third-order valence-corrected chi connectivity index (χ3v) is 4.18. The molecule has 2 aromatic heterocycles. The number of carbonyl (C=O) groups is 2. The number of hydrogen-bond acceptors (Lipinski definition) is 3. The molecule has 0 bridgehead atoms. The number of aromatic nitrogens is 2. The number of nitrogens with zero attached hydrogens (tertiary/aromatic N) is 2. The van der Waals surface area contributed by atoms with E-state index < -0.39 is 17.8 Å². The van der Waals surface area contributed by atoms with Crippen LogP contribution < -0.4 is 0 Å². The number of aromatic amines is 1. The molecule has 24 heavy (non-hydrogen) atoms. The number of fused-ring (bicyclic) bond motifs is 1. The molecule has 6 nitrogen and oxygen atoms in total. The first-order valence-corrected chi connectivity index (χ1v) is 7.76.